The maximum Gasteiger partial charge on any atom is 0.187 e. The van der Waals surface area contributed by atoms with E-state index in [1.54, 1.807) is 0 Å². The Morgan fingerprint density at radius 1 is 0.621 bits per heavy atom. The zero-order chi connectivity index (χ0) is 22.3. The predicted octanol–water partition coefficient (Wildman–Crippen LogP) is 5.59. The Morgan fingerprint density at radius 3 is 1.14 bits per heavy atom. The molecule has 2 rings (SSSR count). The average molecular weight is 430 g/mol. The molecule has 2 unspecified atom stereocenters. The lowest BCUT2D eigenvalue weighted by Gasteiger charge is -2.31. The molecule has 0 heterocycles. The van der Waals surface area contributed by atoms with Gasteiger partial charge in [-0.1, -0.05) is 35.4 Å². The highest BCUT2D eigenvalue weighted by Gasteiger charge is 2.54. The van der Waals surface area contributed by atoms with Crippen molar-refractivity contribution < 1.29 is 35.1 Å². The Balaban J connectivity index is 2.67. The highest BCUT2D eigenvalue weighted by atomic mass is 32.2. The molecule has 0 aliphatic heterocycles. The molecule has 0 amide bonds. The first-order valence-electron chi connectivity index (χ1n) is 7.29. The third-order valence-corrected chi connectivity index (χ3v) is 5.39. The summed E-state index contributed by atoms with van der Waals surface area (Å²) in [5.41, 5.74) is -6.16. The lowest BCUT2D eigenvalue weighted by atomic mass is 9.79. The normalized spacial score (nSPS) is 25.9. The van der Waals surface area contributed by atoms with Crippen molar-refractivity contribution in [2.75, 3.05) is 0 Å². The standard InChI is InChI=1S/C20H6F8S/c1-5-19(6-2)15(25)9(21)13(10(22)16(19)26)29-14-11(23)17(27)20(7-3,8-4)18(28)12(14)24/h1-4,15,17H. The summed E-state index contributed by atoms with van der Waals surface area (Å²) in [6.07, 6.45) is 13.3. The Morgan fingerprint density at radius 2 is 0.897 bits per heavy atom. The SMILES string of the molecule is C#CC1(C#C)C(F)=C(F)C(SC2=C(F)C(F)C(C#C)(C#C)C(F)=C2F)=C(F)C1F. The quantitative estimate of drug-likeness (QED) is 0.407. The molecule has 2 aliphatic rings. The van der Waals surface area contributed by atoms with Crippen LogP contribution in [0.1, 0.15) is 0 Å². The fraction of sp³-hybridized carbons (Fsp3) is 0.200. The van der Waals surface area contributed by atoms with Gasteiger partial charge in [-0.2, -0.15) is 0 Å². The minimum Gasteiger partial charge on any atom is -0.236 e. The summed E-state index contributed by atoms with van der Waals surface area (Å²) < 4.78 is 114. The van der Waals surface area contributed by atoms with Crippen molar-refractivity contribution in [2.24, 2.45) is 10.8 Å². The summed E-state index contributed by atoms with van der Waals surface area (Å²) in [6.45, 7) is 0. The van der Waals surface area contributed by atoms with Gasteiger partial charge in [0.2, 0.25) is 0 Å². The molecule has 0 aromatic carbocycles. The molecule has 0 N–H and O–H groups in total. The number of terminal acetylenes is 4. The number of hydrogen-bond acceptors (Lipinski definition) is 1. The van der Waals surface area contributed by atoms with Crippen LogP contribution in [-0.4, -0.2) is 12.3 Å². The van der Waals surface area contributed by atoms with Crippen LogP contribution in [0.4, 0.5) is 35.1 Å². The van der Waals surface area contributed by atoms with Crippen molar-refractivity contribution in [3.63, 3.8) is 0 Å². The number of hydrogen-bond donors (Lipinski definition) is 0. The molecule has 29 heavy (non-hydrogen) atoms. The molecule has 0 bridgehead atoms. The second-order valence-corrected chi connectivity index (χ2v) is 6.65. The van der Waals surface area contributed by atoms with Crippen LogP contribution in [0.15, 0.2) is 44.8 Å². The van der Waals surface area contributed by atoms with Crippen molar-refractivity contribution >= 4 is 11.8 Å². The number of rotatable bonds is 2. The minimum absolute atomic E-state index is 0.659. The molecule has 2 aliphatic carbocycles. The van der Waals surface area contributed by atoms with Gasteiger partial charge in [-0.15, -0.1) is 25.7 Å². The lowest BCUT2D eigenvalue weighted by molar-refractivity contribution is 0.209. The second kappa shape index (κ2) is 7.43. The van der Waals surface area contributed by atoms with Crippen LogP contribution in [0.3, 0.4) is 0 Å². The summed E-state index contributed by atoms with van der Waals surface area (Å²) in [4.78, 5) is -3.30. The van der Waals surface area contributed by atoms with Crippen LogP contribution < -0.4 is 0 Å². The van der Waals surface area contributed by atoms with E-state index < -0.39 is 79.7 Å². The van der Waals surface area contributed by atoms with Crippen LogP contribution in [0.5, 0.6) is 0 Å². The molecule has 0 saturated heterocycles. The van der Waals surface area contributed by atoms with E-state index >= 15 is 0 Å². The number of halogens is 8. The first-order valence-corrected chi connectivity index (χ1v) is 8.10. The lowest BCUT2D eigenvalue weighted by Crippen LogP contribution is -2.35. The maximum atomic E-state index is 14.3. The van der Waals surface area contributed by atoms with Crippen molar-refractivity contribution in [3.05, 3.63) is 44.8 Å². The van der Waals surface area contributed by atoms with E-state index in [4.69, 9.17) is 25.7 Å². The average Bonchev–Trinajstić information content (AvgIpc) is 2.73. The van der Waals surface area contributed by atoms with Gasteiger partial charge in [0, 0.05) is 0 Å². The number of thioether (sulfide) groups is 1. The summed E-state index contributed by atoms with van der Waals surface area (Å²) >= 11 is -0.659. The highest BCUT2D eigenvalue weighted by molar-refractivity contribution is 8.07. The zero-order valence-corrected chi connectivity index (χ0v) is 14.7. The maximum absolute atomic E-state index is 14.3. The fourth-order valence-corrected chi connectivity index (χ4v) is 3.47. The van der Waals surface area contributed by atoms with E-state index in [0.717, 1.165) is 0 Å². The molecule has 0 nitrogen and oxygen atoms in total. The van der Waals surface area contributed by atoms with Gasteiger partial charge >= 0.3 is 0 Å². The van der Waals surface area contributed by atoms with Gasteiger partial charge < -0.3 is 0 Å². The molecule has 2 atom stereocenters. The highest BCUT2D eigenvalue weighted by Crippen LogP contribution is 2.55. The molecular weight excluding hydrogens is 424 g/mol. The summed E-state index contributed by atoms with van der Waals surface area (Å²) in [5.74, 6) is -7.25. The van der Waals surface area contributed by atoms with Crippen molar-refractivity contribution in [3.8, 4) is 49.4 Å². The first kappa shape index (κ1) is 22.3. The molecule has 0 aromatic rings. The van der Waals surface area contributed by atoms with Crippen molar-refractivity contribution in [1.29, 1.82) is 0 Å². The molecule has 9 heteroatoms. The minimum atomic E-state index is -3.14. The first-order chi connectivity index (χ1) is 13.5. The number of alkyl halides is 2. The predicted molar refractivity (Wildman–Crippen MR) is 92.3 cm³/mol. The van der Waals surface area contributed by atoms with Gasteiger partial charge in [0.05, 0.1) is 9.81 Å². The van der Waals surface area contributed by atoms with E-state index in [2.05, 4.69) is 0 Å². The van der Waals surface area contributed by atoms with Gasteiger partial charge in [-0.05, 0) is 0 Å². The van der Waals surface area contributed by atoms with Crippen molar-refractivity contribution in [2.45, 2.75) is 12.3 Å². The summed E-state index contributed by atoms with van der Waals surface area (Å²) in [5, 5.41) is 0. The van der Waals surface area contributed by atoms with Gasteiger partial charge in [0.25, 0.3) is 0 Å². The Hall–Kier alpha value is -3.01. The van der Waals surface area contributed by atoms with E-state index in [9.17, 15) is 35.1 Å². The van der Waals surface area contributed by atoms with Crippen LogP contribution in [0.2, 0.25) is 0 Å². The number of allylic oxidation sites excluding steroid dienone is 6. The molecule has 0 spiro atoms. The Labute approximate surface area is 164 Å². The van der Waals surface area contributed by atoms with Gasteiger partial charge in [-0.3, -0.25) is 0 Å². The Bertz CT molecular complexity index is 963. The molecule has 148 valence electrons. The van der Waals surface area contributed by atoms with Crippen LogP contribution in [0.25, 0.3) is 0 Å². The van der Waals surface area contributed by atoms with Crippen LogP contribution in [-0.2, 0) is 0 Å². The topological polar surface area (TPSA) is 0 Å². The van der Waals surface area contributed by atoms with Gasteiger partial charge in [-0.25, -0.2) is 35.1 Å². The molecule has 0 fully saturated rings. The second-order valence-electron chi connectivity index (χ2n) is 5.63. The van der Waals surface area contributed by atoms with E-state index in [1.165, 1.54) is 23.7 Å². The Kier molecular flexibility index (Phi) is 5.71. The fourth-order valence-electron chi connectivity index (χ4n) is 2.51. The van der Waals surface area contributed by atoms with Crippen molar-refractivity contribution in [1.82, 2.24) is 0 Å². The summed E-state index contributed by atoms with van der Waals surface area (Å²) in [7, 11) is 0. The summed E-state index contributed by atoms with van der Waals surface area (Å²) in [6, 6.07) is 0. The molecule has 0 radical (unpaired) electrons. The third kappa shape index (κ3) is 2.78. The van der Waals surface area contributed by atoms with Crippen LogP contribution in [0, 0.1) is 60.2 Å². The molecular formula is C20H6F8S. The monoisotopic (exact) mass is 430 g/mol. The van der Waals surface area contributed by atoms with E-state index in [-0.39, 0.29) is 0 Å². The molecule has 0 aromatic heterocycles. The van der Waals surface area contributed by atoms with Crippen LogP contribution >= 0.6 is 11.8 Å². The van der Waals surface area contributed by atoms with Gasteiger partial charge in [0.1, 0.15) is 0 Å². The van der Waals surface area contributed by atoms with E-state index in [0.29, 0.717) is 0 Å². The van der Waals surface area contributed by atoms with E-state index in [1.807, 2.05) is 0 Å². The third-order valence-electron chi connectivity index (χ3n) is 4.23. The largest absolute Gasteiger partial charge is 0.236 e. The van der Waals surface area contributed by atoms with Gasteiger partial charge in [0.15, 0.2) is 58.1 Å². The zero-order valence-electron chi connectivity index (χ0n) is 13.9. The molecule has 0 saturated carbocycles. The smallest absolute Gasteiger partial charge is 0.187 e.